The van der Waals surface area contributed by atoms with Gasteiger partial charge in [-0.1, -0.05) is 33.8 Å². The lowest BCUT2D eigenvalue weighted by molar-refractivity contribution is -0.161. The van der Waals surface area contributed by atoms with Gasteiger partial charge in [0.1, 0.15) is 18.0 Å². The second-order valence-electron chi connectivity index (χ2n) is 9.08. The Morgan fingerprint density at radius 2 is 1.91 bits per heavy atom. The summed E-state index contributed by atoms with van der Waals surface area (Å²) in [5.74, 6) is -2.67. The van der Waals surface area contributed by atoms with Crippen molar-refractivity contribution >= 4 is 33.3 Å². The van der Waals surface area contributed by atoms with Crippen LogP contribution in [0.2, 0.25) is 0 Å². The first-order valence-corrected chi connectivity index (χ1v) is 12.3. The van der Waals surface area contributed by atoms with Crippen LogP contribution >= 0.6 is 0 Å². The summed E-state index contributed by atoms with van der Waals surface area (Å²) in [6, 6.07) is 2.44. The summed E-state index contributed by atoms with van der Waals surface area (Å²) in [5.41, 5.74) is 0.101. The molecule has 3 rings (SSSR count). The van der Waals surface area contributed by atoms with Crippen LogP contribution in [-0.4, -0.2) is 55.7 Å². The second-order valence-corrected chi connectivity index (χ2v) is 10.7. The number of nitrogens with zero attached hydrogens (tertiary/aromatic N) is 2. The summed E-state index contributed by atoms with van der Waals surface area (Å²) in [6.45, 7) is 8.99. The van der Waals surface area contributed by atoms with Crippen molar-refractivity contribution in [3.8, 4) is 5.75 Å². The number of nitrogens with one attached hydrogen (secondary N) is 1. The largest absolute Gasteiger partial charge is 0.506 e. The first-order chi connectivity index (χ1) is 15.3. The number of phenols is 1. The van der Waals surface area contributed by atoms with E-state index < -0.39 is 46.1 Å². The van der Waals surface area contributed by atoms with Crippen molar-refractivity contribution in [1.29, 1.82) is 0 Å². The van der Waals surface area contributed by atoms with Gasteiger partial charge >= 0.3 is 16.2 Å². The van der Waals surface area contributed by atoms with Crippen molar-refractivity contribution in [2.24, 2.45) is 11.8 Å². The zero-order chi connectivity index (χ0) is 24.7. The maximum Gasteiger partial charge on any atom is 0.326 e. The van der Waals surface area contributed by atoms with Crippen LogP contribution < -0.4 is 9.03 Å². The highest BCUT2D eigenvalue weighted by atomic mass is 32.2. The Balaban J connectivity index is 1.97. The smallest absolute Gasteiger partial charge is 0.326 e. The van der Waals surface area contributed by atoms with Crippen molar-refractivity contribution in [1.82, 2.24) is 9.62 Å². The van der Waals surface area contributed by atoms with E-state index in [4.69, 9.17) is 4.74 Å². The van der Waals surface area contributed by atoms with Gasteiger partial charge in [0.05, 0.1) is 5.92 Å². The molecular formula is C22H30FN3O6S. The third-order valence-electron chi connectivity index (χ3n) is 5.62. The van der Waals surface area contributed by atoms with Crippen LogP contribution in [0, 0.1) is 17.7 Å². The fraction of sp³-hybridized carbons (Fsp3) is 0.545. The van der Waals surface area contributed by atoms with E-state index >= 15 is 4.39 Å². The standard InChI is InChI=1S/C22H30FN3O6S/c1-12(2)8-16-9-15(10-25(16)14(5)32-22(29)13(3)4)17-6-7-18(27)21(20(17)23)26-11-19(28)24-33(26,30)31/h6-7,9,12-14,16,27H,8,10-11H2,1-5H3,(H,24,28). The molecule has 0 saturated carbocycles. The SMILES string of the molecule is CC(C)CC1C=C(c2ccc(O)c(N3CC(=O)NS3(=O)=O)c2F)CN1C(C)OC(=O)C(C)C. The fourth-order valence-electron chi connectivity index (χ4n) is 4.01. The molecule has 1 aromatic carbocycles. The van der Waals surface area contributed by atoms with Crippen LogP contribution in [0.4, 0.5) is 10.1 Å². The lowest BCUT2D eigenvalue weighted by Crippen LogP contribution is -2.42. The number of carbonyl (C=O) groups excluding carboxylic acids is 2. The molecule has 33 heavy (non-hydrogen) atoms. The Morgan fingerprint density at radius 1 is 1.24 bits per heavy atom. The molecule has 1 fully saturated rings. The van der Waals surface area contributed by atoms with Gasteiger partial charge in [0.25, 0.3) is 5.91 Å². The van der Waals surface area contributed by atoms with E-state index in [0.717, 1.165) is 6.42 Å². The van der Waals surface area contributed by atoms with Crippen LogP contribution in [0.5, 0.6) is 5.75 Å². The molecule has 1 saturated heterocycles. The van der Waals surface area contributed by atoms with E-state index in [1.165, 1.54) is 12.1 Å². The predicted molar refractivity (Wildman–Crippen MR) is 121 cm³/mol. The van der Waals surface area contributed by atoms with Gasteiger partial charge in [0.15, 0.2) is 12.0 Å². The molecule has 0 spiro atoms. The van der Waals surface area contributed by atoms with E-state index in [2.05, 4.69) is 13.8 Å². The summed E-state index contributed by atoms with van der Waals surface area (Å²) in [6.07, 6.45) is 2.05. The minimum atomic E-state index is -4.30. The molecule has 2 N–H and O–H groups in total. The summed E-state index contributed by atoms with van der Waals surface area (Å²) >= 11 is 0. The van der Waals surface area contributed by atoms with Gasteiger partial charge in [0, 0.05) is 18.2 Å². The number of carbonyl (C=O) groups is 2. The Bertz CT molecular complexity index is 1090. The maximum absolute atomic E-state index is 15.6. The Morgan fingerprint density at radius 3 is 2.45 bits per heavy atom. The molecule has 2 atom stereocenters. The number of hydrogen-bond donors (Lipinski definition) is 2. The van der Waals surface area contributed by atoms with Gasteiger partial charge in [-0.25, -0.2) is 13.4 Å². The Kier molecular flexibility index (Phi) is 7.04. The molecule has 0 aliphatic carbocycles. The van der Waals surface area contributed by atoms with Crippen LogP contribution in [0.15, 0.2) is 18.2 Å². The molecule has 2 aliphatic heterocycles. The van der Waals surface area contributed by atoms with Gasteiger partial charge in [0.2, 0.25) is 0 Å². The van der Waals surface area contributed by atoms with Crippen LogP contribution in [0.25, 0.3) is 5.57 Å². The van der Waals surface area contributed by atoms with E-state index in [-0.39, 0.29) is 30.0 Å². The van der Waals surface area contributed by atoms with Crippen molar-refractivity contribution in [2.45, 2.75) is 53.3 Å². The Labute approximate surface area is 193 Å². The summed E-state index contributed by atoms with van der Waals surface area (Å²) in [5, 5.41) is 10.2. The zero-order valence-electron chi connectivity index (χ0n) is 19.3. The lowest BCUT2D eigenvalue weighted by Gasteiger charge is -2.31. The minimum Gasteiger partial charge on any atom is -0.506 e. The van der Waals surface area contributed by atoms with E-state index in [9.17, 15) is 23.1 Å². The topological polar surface area (TPSA) is 116 Å². The summed E-state index contributed by atoms with van der Waals surface area (Å²) < 4.78 is 47.9. The van der Waals surface area contributed by atoms with Crippen molar-refractivity contribution in [2.75, 3.05) is 17.4 Å². The van der Waals surface area contributed by atoms with Crippen molar-refractivity contribution < 1.29 is 32.2 Å². The molecule has 1 aromatic rings. The number of ether oxygens (including phenoxy) is 1. The number of aromatic hydroxyl groups is 1. The van der Waals surface area contributed by atoms with Gasteiger partial charge in [-0.05, 0) is 37.0 Å². The molecule has 11 heteroatoms. The van der Waals surface area contributed by atoms with Crippen LogP contribution in [0.3, 0.4) is 0 Å². The summed E-state index contributed by atoms with van der Waals surface area (Å²) in [4.78, 5) is 25.7. The molecule has 0 radical (unpaired) electrons. The van der Waals surface area contributed by atoms with Gasteiger partial charge in [-0.3, -0.25) is 14.5 Å². The first-order valence-electron chi connectivity index (χ1n) is 10.8. The van der Waals surface area contributed by atoms with E-state index in [1.54, 1.807) is 25.5 Å². The molecule has 182 valence electrons. The monoisotopic (exact) mass is 483 g/mol. The normalized spacial score (nSPS) is 21.5. The zero-order valence-corrected chi connectivity index (χ0v) is 20.1. The molecule has 2 aliphatic rings. The number of halogens is 1. The highest BCUT2D eigenvalue weighted by Gasteiger charge is 2.39. The number of phenolic OH excluding ortho intramolecular Hbond substituents is 1. The molecule has 0 bridgehead atoms. The molecule has 9 nitrogen and oxygen atoms in total. The number of esters is 1. The van der Waals surface area contributed by atoms with Crippen molar-refractivity contribution in [3.63, 3.8) is 0 Å². The number of anilines is 1. The quantitative estimate of drug-likeness (QED) is 0.572. The van der Waals surface area contributed by atoms with Crippen molar-refractivity contribution in [3.05, 3.63) is 29.6 Å². The number of amides is 1. The van der Waals surface area contributed by atoms with E-state index in [1.807, 2.05) is 11.0 Å². The molecule has 2 heterocycles. The number of hydrogen-bond acceptors (Lipinski definition) is 7. The summed E-state index contributed by atoms with van der Waals surface area (Å²) in [7, 11) is -4.30. The molecular weight excluding hydrogens is 453 g/mol. The average molecular weight is 484 g/mol. The third-order valence-corrected chi connectivity index (χ3v) is 7.00. The molecule has 2 unspecified atom stereocenters. The number of rotatable bonds is 7. The van der Waals surface area contributed by atoms with Crippen LogP contribution in [-0.2, 0) is 24.5 Å². The van der Waals surface area contributed by atoms with E-state index in [0.29, 0.717) is 15.8 Å². The highest BCUT2D eigenvalue weighted by Crippen LogP contribution is 2.39. The fourth-order valence-corrected chi connectivity index (χ4v) is 5.18. The van der Waals surface area contributed by atoms with Gasteiger partial charge < -0.3 is 9.84 Å². The molecule has 1 amide bonds. The first kappa shape index (κ1) is 25.0. The molecule has 0 aromatic heterocycles. The van der Waals surface area contributed by atoms with Gasteiger partial charge in [-0.2, -0.15) is 8.42 Å². The van der Waals surface area contributed by atoms with Gasteiger partial charge in [-0.15, -0.1) is 0 Å². The minimum absolute atomic E-state index is 0.107. The maximum atomic E-state index is 15.6. The Hall–Kier alpha value is -2.66. The third kappa shape index (κ3) is 5.14. The predicted octanol–water partition coefficient (Wildman–Crippen LogP) is 2.37. The van der Waals surface area contributed by atoms with Crippen LogP contribution in [0.1, 0.15) is 46.6 Å². The highest BCUT2D eigenvalue weighted by molar-refractivity contribution is 7.92. The lowest BCUT2D eigenvalue weighted by atomic mass is 10.0. The number of benzene rings is 1. The second kappa shape index (κ2) is 9.30. The average Bonchev–Trinajstić information content (AvgIpc) is 3.20.